The van der Waals surface area contributed by atoms with Crippen LogP contribution in [0, 0.1) is 0 Å². The normalized spacial score (nSPS) is 11.0. The molecule has 0 bridgehead atoms. The van der Waals surface area contributed by atoms with Crippen LogP contribution in [-0.2, 0) is 0 Å². The predicted octanol–water partition coefficient (Wildman–Crippen LogP) is 30.9. The standard InChI is InChI=1S/C44H32N2.C44H29N.3C9H7NO.Al.BHNP/c1-3-17-37(18-4-1)45(43-23-11-15-35-13-7-9-21-41(35)43)39-29-25-33(26-30-39)34-27-31-40(32-28-34)46(38-19-5-2-6-20-38)44-24-12-16-36-14-8-10-22-42(36)44;1-3-13-31(14-4-1)43-36-18-7-9-20-38(36)44(39-21-10-8-19-37(39)43)32-25-23-30(24-26-32)33-27-28-42-40(29-33)35-17-11-12-22-41(35)45(42)34-15-5-2-6-16-34;3*11-8-5-1-3-7-4-2-6-10-9(7)8;;1-2-3/h1-32H;1-29H;3*1-6,11H;;3H/q;;;;;+3;/p-3. The molecule has 10 nitrogen and oxygen atoms in total. The van der Waals surface area contributed by atoms with Gasteiger partial charge in [0.25, 0.3) is 7.98 Å². The highest BCUT2D eigenvalue weighted by Crippen LogP contribution is 2.47. The van der Waals surface area contributed by atoms with Crippen molar-refractivity contribution in [3.05, 3.63) is 480 Å². The SMILES string of the molecule is [B]N=P.c1ccc(-c2c3ccccc3c(-c3ccc(-c4ccc5c(c4)c4ccccc4n5-c4ccccc4)cc3)c3ccccc23)cc1.c1ccc(N(c2ccc(-c3ccc(N(c4ccccc4)c4cccc5ccccc45)cc3)cc2)c2cccc3ccccc23)cc1.c1cnc2c([O][Al]([O]c3cccc4cccnc34)[O]c3cccc4cccnc34)cccc2c1. The summed E-state index contributed by atoms with van der Waals surface area (Å²) in [5.74, 6) is 1.82. The van der Waals surface area contributed by atoms with Gasteiger partial charge < -0.3 is 30.4 Å². The predicted molar refractivity (Wildman–Crippen MR) is 538 cm³/mol. The summed E-state index contributed by atoms with van der Waals surface area (Å²) >= 11 is -2.86. The zero-order valence-electron chi connectivity index (χ0n) is 69.6. The van der Waals surface area contributed by atoms with Crippen molar-refractivity contribution < 1.29 is 11.4 Å². The van der Waals surface area contributed by atoms with Gasteiger partial charge in [-0.2, -0.15) is 0 Å². The lowest BCUT2D eigenvalue weighted by atomic mass is 9.86. The number of aromatic nitrogens is 4. The second kappa shape index (κ2) is 37.2. The summed E-state index contributed by atoms with van der Waals surface area (Å²) in [5.41, 5.74) is 22.6. The van der Waals surface area contributed by atoms with Crippen LogP contribution in [0.1, 0.15) is 0 Å². The first kappa shape index (κ1) is 80.4. The maximum atomic E-state index is 6.41. The van der Waals surface area contributed by atoms with Crippen LogP contribution in [0.4, 0.5) is 34.1 Å². The Morgan fingerprint density at radius 3 is 0.984 bits per heavy atom. The van der Waals surface area contributed by atoms with Gasteiger partial charge in [0, 0.05) is 84.7 Å². The summed E-state index contributed by atoms with van der Waals surface area (Å²) in [6.45, 7) is 0. The third-order valence-electron chi connectivity index (χ3n) is 23.3. The first-order valence-electron chi connectivity index (χ1n) is 42.6. The van der Waals surface area contributed by atoms with Gasteiger partial charge in [0.2, 0.25) is 0 Å². The molecule has 0 spiro atoms. The quantitative estimate of drug-likeness (QED) is 0.0506. The minimum atomic E-state index is -2.86. The van der Waals surface area contributed by atoms with E-state index in [1.165, 1.54) is 115 Å². The molecule has 4 aromatic heterocycles. The van der Waals surface area contributed by atoms with Crippen LogP contribution in [0.3, 0.4) is 0 Å². The lowest BCUT2D eigenvalue weighted by Gasteiger charge is -2.27. The van der Waals surface area contributed by atoms with Crippen LogP contribution >= 0.6 is 9.03 Å². The fourth-order valence-corrected chi connectivity index (χ4v) is 18.8. The first-order chi connectivity index (χ1) is 63.4. The Kier molecular flexibility index (Phi) is 23.3. The Morgan fingerprint density at radius 1 is 0.250 bits per heavy atom. The molecule has 0 atom stereocenters. The van der Waals surface area contributed by atoms with E-state index in [1.807, 2.05) is 91.0 Å². The fraction of sp³-hybridized carbons (Fsp3) is 0. The highest BCUT2D eigenvalue weighted by molar-refractivity contribution is 7.05. The van der Waals surface area contributed by atoms with Gasteiger partial charge in [0.1, 0.15) is 33.8 Å². The Balaban J connectivity index is 0.000000120. The van der Waals surface area contributed by atoms with Gasteiger partial charge in [-0.1, -0.05) is 334 Å². The summed E-state index contributed by atoms with van der Waals surface area (Å²) in [6.07, 6.45) is 5.24. The van der Waals surface area contributed by atoms with Crippen molar-refractivity contribution in [1.82, 2.24) is 19.5 Å². The highest BCUT2D eigenvalue weighted by atomic mass is 31.0. The van der Waals surface area contributed by atoms with Crippen LogP contribution < -0.4 is 21.2 Å². The van der Waals surface area contributed by atoms with Gasteiger partial charge in [0.05, 0.1) is 22.4 Å². The van der Waals surface area contributed by atoms with Gasteiger partial charge in [-0.25, -0.2) is 0 Å². The molecular weight excluding hydrogens is 1600 g/mol. The van der Waals surface area contributed by atoms with E-state index in [4.69, 9.17) is 11.4 Å². The van der Waals surface area contributed by atoms with E-state index in [0.29, 0.717) is 17.2 Å². The zero-order valence-corrected chi connectivity index (χ0v) is 71.8. The van der Waals surface area contributed by atoms with Crippen LogP contribution in [0.15, 0.2) is 484 Å². The average molecular weight is 1680 g/mol. The molecule has 0 saturated carbocycles. The second-order valence-electron chi connectivity index (χ2n) is 30.9. The van der Waals surface area contributed by atoms with E-state index < -0.39 is 15.1 Å². The molecule has 2 radical (unpaired) electrons. The van der Waals surface area contributed by atoms with Crippen molar-refractivity contribution in [1.29, 1.82) is 0 Å². The van der Waals surface area contributed by atoms with Gasteiger partial charge in [-0.15, -0.1) is 0 Å². The van der Waals surface area contributed by atoms with Gasteiger partial charge in [-0.3, -0.25) is 15.0 Å². The number of rotatable bonds is 17. The molecule has 0 aliphatic carbocycles. The highest BCUT2D eigenvalue weighted by Gasteiger charge is 2.46. The van der Waals surface area contributed by atoms with Crippen molar-refractivity contribution in [2.75, 3.05) is 9.80 Å². The molecule has 604 valence electrons. The molecule has 0 N–H and O–H groups in total. The number of fused-ring (bicyclic) bond motifs is 10. The minimum Gasteiger partial charge on any atom is -0.576 e. The third-order valence-corrected chi connectivity index (χ3v) is 24.6. The molecule has 0 aliphatic heterocycles. The Labute approximate surface area is 750 Å². The molecule has 0 aliphatic rings. The summed E-state index contributed by atoms with van der Waals surface area (Å²) in [7, 11) is 6.97. The monoisotopic (exact) mass is 1680 g/mol. The van der Waals surface area contributed by atoms with E-state index in [1.54, 1.807) is 18.6 Å². The van der Waals surface area contributed by atoms with E-state index in [-0.39, 0.29) is 0 Å². The number of para-hydroxylation sites is 7. The van der Waals surface area contributed by atoms with Gasteiger partial charge in [-0.05, 0) is 213 Å². The average Bonchev–Trinajstić information content (AvgIpc) is 1.43. The van der Waals surface area contributed by atoms with Crippen molar-refractivity contribution in [3.8, 4) is 67.4 Å². The Morgan fingerprint density at radius 2 is 0.547 bits per heavy atom. The smallest absolute Gasteiger partial charge is 0.576 e. The molecule has 128 heavy (non-hydrogen) atoms. The van der Waals surface area contributed by atoms with Crippen molar-refractivity contribution in [2.45, 2.75) is 0 Å². The van der Waals surface area contributed by atoms with E-state index in [2.05, 4.69) is 421 Å². The summed E-state index contributed by atoms with van der Waals surface area (Å²) in [6, 6.07) is 162. The topological polar surface area (TPSA) is 90.1 Å². The zero-order chi connectivity index (χ0) is 85.9. The van der Waals surface area contributed by atoms with Gasteiger partial charge in [0.15, 0.2) is 0 Å². The molecule has 4 heterocycles. The molecule has 19 aromatic carbocycles. The molecule has 0 saturated heterocycles. The molecule has 0 amide bonds. The number of hydrogen-bond donors (Lipinski definition) is 0. The Bertz CT molecular complexity index is 7480. The van der Waals surface area contributed by atoms with Crippen LogP contribution in [0.2, 0.25) is 0 Å². The largest absolute Gasteiger partial charge is 1.20 e. The number of pyridine rings is 3. The third kappa shape index (κ3) is 16.5. The van der Waals surface area contributed by atoms with Crippen LogP contribution in [-0.4, -0.2) is 42.6 Å². The number of nitrogens with zero attached hydrogens (tertiary/aromatic N) is 7. The Hall–Kier alpha value is -16.1. The second-order valence-corrected chi connectivity index (χ2v) is 32.4. The van der Waals surface area contributed by atoms with Crippen LogP contribution in [0.5, 0.6) is 17.2 Å². The molecule has 13 heteroatoms. The van der Waals surface area contributed by atoms with Gasteiger partial charge >= 0.3 is 15.1 Å². The van der Waals surface area contributed by atoms with E-state index >= 15 is 0 Å². The lowest BCUT2D eigenvalue weighted by Crippen LogP contribution is -2.37. The summed E-state index contributed by atoms with van der Waals surface area (Å²) < 4.78 is 24.4. The number of hydrogen-bond acceptors (Lipinski definition) is 9. The summed E-state index contributed by atoms with van der Waals surface area (Å²) in [5, 5.41) is 15.5. The number of anilines is 6. The molecule has 0 fully saturated rings. The fourth-order valence-electron chi connectivity index (χ4n) is 17.5. The van der Waals surface area contributed by atoms with E-state index in [9.17, 15) is 0 Å². The molecule has 0 unspecified atom stereocenters. The van der Waals surface area contributed by atoms with E-state index in [0.717, 1.165) is 66.8 Å². The first-order valence-corrected chi connectivity index (χ1v) is 44.4. The van der Waals surface area contributed by atoms with Crippen molar-refractivity contribution in [2.24, 2.45) is 4.66 Å². The maximum Gasteiger partial charge on any atom is 1.20 e. The molecule has 23 rings (SSSR count). The van der Waals surface area contributed by atoms with Crippen LogP contribution in [0.25, 0.3) is 148 Å². The molecule has 23 aromatic rings. The van der Waals surface area contributed by atoms with Crippen molar-refractivity contribution >= 4 is 164 Å². The minimum absolute atomic E-state index is 0.608. The number of benzene rings is 19. The van der Waals surface area contributed by atoms with Crippen molar-refractivity contribution in [3.63, 3.8) is 0 Å². The lowest BCUT2D eigenvalue weighted by molar-refractivity contribution is 0.311. The summed E-state index contributed by atoms with van der Waals surface area (Å²) in [4.78, 5) is 18.2. The maximum absolute atomic E-state index is 6.41. The molecular formula is C115H80AlBN7O3P.